The quantitative estimate of drug-likeness (QED) is 0.616. The molecule has 0 aliphatic heterocycles. The highest BCUT2D eigenvalue weighted by Crippen LogP contribution is 2.09. The van der Waals surface area contributed by atoms with Gasteiger partial charge in [0.1, 0.15) is 5.75 Å². The summed E-state index contributed by atoms with van der Waals surface area (Å²) in [6, 6.07) is 8.48. The number of primary amides is 1. The highest BCUT2D eigenvalue weighted by molar-refractivity contribution is 5.77. The molecule has 0 aliphatic carbocycles. The molecule has 0 aliphatic rings. The van der Waals surface area contributed by atoms with Crippen LogP contribution < -0.4 is 10.5 Å². The summed E-state index contributed by atoms with van der Waals surface area (Å²) in [5, 5.41) is 8.88. The van der Waals surface area contributed by atoms with E-state index in [2.05, 4.69) is 0 Å². The maximum absolute atomic E-state index is 10.4. The summed E-state index contributed by atoms with van der Waals surface area (Å²) in [4.78, 5) is 10.4. The lowest BCUT2D eigenvalue weighted by Crippen LogP contribution is -2.33. The molecular weight excluding hydrogens is 158 g/mol. The van der Waals surface area contributed by atoms with Gasteiger partial charge in [-0.15, -0.1) is 0 Å². The van der Waals surface area contributed by atoms with Crippen LogP contribution in [0.2, 0.25) is 0 Å². The predicted molar refractivity (Wildman–Crippen MR) is 42.3 cm³/mol. The average molecular weight is 167 g/mol. The fourth-order valence-electron chi connectivity index (χ4n) is 0.686. The van der Waals surface area contributed by atoms with Crippen LogP contribution >= 0.6 is 0 Å². The second-order valence-electron chi connectivity index (χ2n) is 2.19. The van der Waals surface area contributed by atoms with Gasteiger partial charge in [0.15, 0.2) is 0 Å². The van der Waals surface area contributed by atoms with E-state index in [0.717, 1.165) is 0 Å². The Kier molecular flexibility index (Phi) is 2.66. The van der Waals surface area contributed by atoms with Crippen molar-refractivity contribution in [3.8, 4) is 5.75 Å². The molecule has 12 heavy (non-hydrogen) atoms. The van der Waals surface area contributed by atoms with Gasteiger partial charge in [-0.2, -0.15) is 0 Å². The van der Waals surface area contributed by atoms with Gasteiger partial charge >= 0.3 is 0 Å². The number of hydrogen-bond donors (Lipinski definition) is 2. The van der Waals surface area contributed by atoms with E-state index in [9.17, 15) is 4.79 Å². The molecule has 4 heteroatoms. The number of aliphatic hydroxyl groups is 1. The van der Waals surface area contributed by atoms with E-state index in [1.165, 1.54) is 0 Å². The van der Waals surface area contributed by atoms with Crippen molar-refractivity contribution >= 4 is 5.91 Å². The van der Waals surface area contributed by atoms with Crippen LogP contribution in [0.15, 0.2) is 30.3 Å². The lowest BCUT2D eigenvalue weighted by molar-refractivity contribution is -0.139. The van der Waals surface area contributed by atoms with Crippen LogP contribution in [0.25, 0.3) is 0 Å². The molecule has 0 spiro atoms. The largest absolute Gasteiger partial charge is 0.455 e. The Morgan fingerprint density at radius 1 is 1.42 bits per heavy atom. The molecule has 1 rings (SSSR count). The van der Waals surface area contributed by atoms with Crippen molar-refractivity contribution in [1.29, 1.82) is 0 Å². The number of hydrogen-bond acceptors (Lipinski definition) is 3. The van der Waals surface area contributed by atoms with Gasteiger partial charge in [-0.05, 0) is 12.1 Å². The second kappa shape index (κ2) is 3.73. The summed E-state index contributed by atoms with van der Waals surface area (Å²) in [5.74, 6) is -0.498. The lowest BCUT2D eigenvalue weighted by atomic mass is 10.3. The monoisotopic (exact) mass is 167 g/mol. The lowest BCUT2D eigenvalue weighted by Gasteiger charge is -2.08. The fourth-order valence-corrected chi connectivity index (χ4v) is 0.686. The van der Waals surface area contributed by atoms with E-state index >= 15 is 0 Å². The molecule has 1 aromatic rings. The molecule has 0 bridgehead atoms. The molecule has 4 nitrogen and oxygen atoms in total. The van der Waals surface area contributed by atoms with Crippen molar-refractivity contribution < 1.29 is 14.6 Å². The summed E-state index contributed by atoms with van der Waals surface area (Å²) in [6.45, 7) is 0. The smallest absolute Gasteiger partial charge is 0.286 e. The van der Waals surface area contributed by atoms with Gasteiger partial charge in [0.25, 0.3) is 12.2 Å². The van der Waals surface area contributed by atoms with E-state index < -0.39 is 12.2 Å². The van der Waals surface area contributed by atoms with Gasteiger partial charge < -0.3 is 15.6 Å². The molecule has 0 aromatic heterocycles. The van der Waals surface area contributed by atoms with E-state index in [1.54, 1.807) is 30.3 Å². The number of aliphatic hydroxyl groups excluding tert-OH is 1. The van der Waals surface area contributed by atoms with Crippen LogP contribution in [-0.2, 0) is 4.79 Å². The van der Waals surface area contributed by atoms with Gasteiger partial charge in [-0.3, -0.25) is 4.79 Å². The van der Waals surface area contributed by atoms with Crippen molar-refractivity contribution in [2.45, 2.75) is 6.29 Å². The Balaban J connectivity index is 2.58. The third kappa shape index (κ3) is 2.25. The van der Waals surface area contributed by atoms with Crippen molar-refractivity contribution in [1.82, 2.24) is 0 Å². The van der Waals surface area contributed by atoms with Crippen molar-refractivity contribution in [3.63, 3.8) is 0 Å². The Morgan fingerprint density at radius 3 is 2.50 bits per heavy atom. The Morgan fingerprint density at radius 2 is 2.00 bits per heavy atom. The molecule has 1 unspecified atom stereocenters. The summed E-state index contributed by atoms with van der Waals surface area (Å²) >= 11 is 0. The van der Waals surface area contributed by atoms with E-state index in [-0.39, 0.29) is 0 Å². The average Bonchev–Trinajstić information content (AvgIpc) is 2.06. The molecule has 64 valence electrons. The Hall–Kier alpha value is -1.55. The normalized spacial score (nSPS) is 12.1. The SMILES string of the molecule is NC(=O)C(O)Oc1ccccc1. The Labute approximate surface area is 69.6 Å². The minimum Gasteiger partial charge on any atom is -0.455 e. The summed E-state index contributed by atoms with van der Waals surface area (Å²) in [7, 11) is 0. The molecule has 0 heterocycles. The third-order valence-corrected chi connectivity index (χ3v) is 1.23. The minimum atomic E-state index is -1.58. The number of carbonyl (C=O) groups excluding carboxylic acids is 1. The predicted octanol–water partition coefficient (Wildman–Crippen LogP) is -0.131. The van der Waals surface area contributed by atoms with Crippen LogP contribution in [0.1, 0.15) is 0 Å². The highest BCUT2D eigenvalue weighted by atomic mass is 16.6. The highest BCUT2D eigenvalue weighted by Gasteiger charge is 2.11. The van der Waals surface area contributed by atoms with Crippen molar-refractivity contribution in [3.05, 3.63) is 30.3 Å². The molecule has 1 aromatic carbocycles. The number of amides is 1. The number of carbonyl (C=O) groups is 1. The number of ether oxygens (including phenoxy) is 1. The van der Waals surface area contributed by atoms with Gasteiger partial charge in [0, 0.05) is 0 Å². The first-order chi connectivity index (χ1) is 5.70. The van der Waals surface area contributed by atoms with Gasteiger partial charge in [-0.1, -0.05) is 18.2 Å². The number of rotatable bonds is 3. The van der Waals surface area contributed by atoms with Crippen LogP contribution in [0, 0.1) is 0 Å². The van der Waals surface area contributed by atoms with E-state index in [0.29, 0.717) is 5.75 Å². The number of benzene rings is 1. The third-order valence-electron chi connectivity index (χ3n) is 1.23. The maximum atomic E-state index is 10.4. The van der Waals surface area contributed by atoms with Gasteiger partial charge in [0.2, 0.25) is 0 Å². The molecule has 0 saturated heterocycles. The van der Waals surface area contributed by atoms with Gasteiger partial charge in [-0.25, -0.2) is 0 Å². The summed E-state index contributed by atoms with van der Waals surface area (Å²) < 4.78 is 4.76. The molecule has 1 amide bonds. The zero-order valence-corrected chi connectivity index (χ0v) is 6.31. The van der Waals surface area contributed by atoms with E-state index in [1.807, 2.05) is 0 Å². The summed E-state index contributed by atoms with van der Waals surface area (Å²) in [5.41, 5.74) is 4.77. The van der Waals surface area contributed by atoms with Crippen LogP contribution in [0.3, 0.4) is 0 Å². The fraction of sp³-hybridized carbons (Fsp3) is 0.125. The number of para-hydroxylation sites is 1. The first kappa shape index (κ1) is 8.55. The number of nitrogens with two attached hydrogens (primary N) is 1. The maximum Gasteiger partial charge on any atom is 0.286 e. The standard InChI is InChI=1S/C8H9NO3/c9-7(10)8(11)12-6-4-2-1-3-5-6/h1-5,8,11H,(H2,9,10). The van der Waals surface area contributed by atoms with Crippen molar-refractivity contribution in [2.75, 3.05) is 0 Å². The minimum absolute atomic E-state index is 0.406. The van der Waals surface area contributed by atoms with E-state index in [4.69, 9.17) is 15.6 Å². The molecule has 0 fully saturated rings. The first-order valence-corrected chi connectivity index (χ1v) is 3.39. The molecule has 0 radical (unpaired) electrons. The molecular formula is C8H9NO3. The first-order valence-electron chi connectivity index (χ1n) is 3.39. The molecule has 1 atom stereocenters. The molecule has 3 N–H and O–H groups in total. The Bertz CT molecular complexity index is 260. The van der Waals surface area contributed by atoms with Crippen LogP contribution in [0.4, 0.5) is 0 Å². The topological polar surface area (TPSA) is 72.6 Å². The molecule has 0 saturated carbocycles. The van der Waals surface area contributed by atoms with Crippen LogP contribution in [0.5, 0.6) is 5.75 Å². The zero-order valence-electron chi connectivity index (χ0n) is 6.31. The van der Waals surface area contributed by atoms with Crippen molar-refractivity contribution in [2.24, 2.45) is 5.73 Å². The zero-order chi connectivity index (χ0) is 8.97. The summed E-state index contributed by atoms with van der Waals surface area (Å²) in [6.07, 6.45) is -1.58. The van der Waals surface area contributed by atoms with Gasteiger partial charge in [0.05, 0.1) is 0 Å². The van der Waals surface area contributed by atoms with Crippen LogP contribution in [-0.4, -0.2) is 17.3 Å². The second-order valence-corrected chi connectivity index (χ2v) is 2.19.